The Morgan fingerprint density at radius 1 is 1.29 bits per heavy atom. The van der Waals surface area contributed by atoms with Crippen LogP contribution in [0.25, 0.3) is 0 Å². The van der Waals surface area contributed by atoms with Gasteiger partial charge < -0.3 is 9.64 Å². The summed E-state index contributed by atoms with van der Waals surface area (Å²) >= 11 is 1.22. The molecule has 0 atom stereocenters. The number of aromatic nitrogens is 4. The molecule has 118 valence electrons. The van der Waals surface area contributed by atoms with Crippen molar-refractivity contribution in [2.45, 2.75) is 38.4 Å². The topological polar surface area (TPSA) is 90.2 Å². The van der Waals surface area contributed by atoms with Crippen molar-refractivity contribution >= 4 is 23.6 Å². The van der Waals surface area contributed by atoms with Crippen molar-refractivity contribution in [1.82, 2.24) is 25.1 Å². The summed E-state index contributed by atoms with van der Waals surface area (Å²) in [6, 6.07) is 0. The van der Waals surface area contributed by atoms with E-state index < -0.39 is 5.97 Å². The number of carbonyl (C=O) groups is 2. The molecule has 0 unspecified atom stereocenters. The molecule has 0 bridgehead atoms. The number of ether oxygens (including phenoxy) is 1. The first kappa shape index (κ1) is 17.4. The lowest BCUT2D eigenvalue weighted by atomic mass is 10.3. The lowest BCUT2D eigenvalue weighted by Crippen LogP contribution is -2.33. The van der Waals surface area contributed by atoms with E-state index in [4.69, 9.17) is 0 Å². The van der Waals surface area contributed by atoms with E-state index in [0.717, 1.165) is 25.9 Å². The molecule has 0 fully saturated rings. The molecule has 21 heavy (non-hydrogen) atoms. The van der Waals surface area contributed by atoms with Crippen LogP contribution >= 0.6 is 11.8 Å². The molecule has 1 heterocycles. The molecule has 0 aliphatic heterocycles. The van der Waals surface area contributed by atoms with Crippen molar-refractivity contribution in [1.29, 1.82) is 0 Å². The van der Waals surface area contributed by atoms with E-state index in [1.165, 1.54) is 23.6 Å². The Balaban J connectivity index is 2.56. The monoisotopic (exact) mass is 315 g/mol. The zero-order valence-electron chi connectivity index (χ0n) is 12.6. The minimum atomic E-state index is -0.436. The number of hydrogen-bond donors (Lipinski definition) is 0. The Morgan fingerprint density at radius 3 is 2.52 bits per heavy atom. The fraction of sp³-hybridized carbons (Fsp3) is 0.750. The molecule has 0 N–H and O–H groups in total. The molecule has 1 rings (SSSR count). The second-order valence-corrected chi connectivity index (χ2v) is 5.31. The Labute approximate surface area is 128 Å². The summed E-state index contributed by atoms with van der Waals surface area (Å²) in [5.41, 5.74) is 0. The van der Waals surface area contributed by atoms with Crippen LogP contribution < -0.4 is 0 Å². The summed E-state index contributed by atoms with van der Waals surface area (Å²) in [5.74, 6) is -0.132. The number of hydrogen-bond acceptors (Lipinski definition) is 7. The number of amides is 1. The van der Waals surface area contributed by atoms with Crippen LogP contribution in [0.2, 0.25) is 0 Å². The lowest BCUT2D eigenvalue weighted by molar-refractivity contribution is -0.141. The van der Waals surface area contributed by atoms with Gasteiger partial charge in [-0.2, -0.15) is 0 Å². The lowest BCUT2D eigenvalue weighted by Gasteiger charge is -2.20. The van der Waals surface area contributed by atoms with Crippen LogP contribution in [0.1, 0.15) is 26.7 Å². The molecule has 0 spiro atoms. The van der Waals surface area contributed by atoms with Gasteiger partial charge in [0.2, 0.25) is 11.1 Å². The summed E-state index contributed by atoms with van der Waals surface area (Å²) in [7, 11) is 1.30. The van der Waals surface area contributed by atoms with Gasteiger partial charge in [-0.05, 0) is 23.3 Å². The smallest absolute Gasteiger partial charge is 0.327 e. The van der Waals surface area contributed by atoms with Crippen molar-refractivity contribution in [2.75, 3.05) is 26.0 Å². The zero-order chi connectivity index (χ0) is 15.7. The van der Waals surface area contributed by atoms with E-state index in [2.05, 4.69) is 20.3 Å². The number of rotatable bonds is 9. The third-order valence-electron chi connectivity index (χ3n) is 2.67. The Hall–Kier alpha value is -1.64. The second kappa shape index (κ2) is 9.32. The van der Waals surface area contributed by atoms with Gasteiger partial charge in [0.25, 0.3) is 0 Å². The average Bonchev–Trinajstić information content (AvgIpc) is 2.91. The molecule has 0 saturated carbocycles. The third kappa shape index (κ3) is 5.70. The molecule has 1 aromatic heterocycles. The van der Waals surface area contributed by atoms with Gasteiger partial charge in [-0.1, -0.05) is 25.6 Å². The molecular formula is C12H21N5O3S. The number of esters is 1. The minimum absolute atomic E-state index is 0.0521. The average molecular weight is 315 g/mol. The summed E-state index contributed by atoms with van der Waals surface area (Å²) in [5, 5.41) is 11.5. The molecule has 0 aromatic carbocycles. The summed E-state index contributed by atoms with van der Waals surface area (Å²) < 4.78 is 5.89. The van der Waals surface area contributed by atoms with Crippen molar-refractivity contribution in [2.24, 2.45) is 0 Å². The maximum absolute atomic E-state index is 12.1. The highest BCUT2D eigenvalue weighted by Crippen LogP contribution is 2.14. The number of thioether (sulfide) groups is 1. The van der Waals surface area contributed by atoms with Gasteiger partial charge in [-0.25, -0.2) is 4.68 Å². The van der Waals surface area contributed by atoms with Crippen molar-refractivity contribution in [3.63, 3.8) is 0 Å². The fourth-order valence-electron chi connectivity index (χ4n) is 1.70. The SMILES string of the molecule is CCCN(CCC)C(=O)CSc1nnnn1CC(=O)OC. The van der Waals surface area contributed by atoms with Crippen LogP contribution in [-0.4, -0.2) is 62.9 Å². The number of nitrogens with zero attached hydrogens (tertiary/aromatic N) is 5. The first-order valence-electron chi connectivity index (χ1n) is 6.85. The quantitative estimate of drug-likeness (QED) is 0.486. The van der Waals surface area contributed by atoms with Gasteiger partial charge in [0.1, 0.15) is 6.54 Å². The first-order valence-corrected chi connectivity index (χ1v) is 7.84. The third-order valence-corrected chi connectivity index (χ3v) is 3.61. The normalized spacial score (nSPS) is 10.4. The molecule has 9 heteroatoms. The predicted molar refractivity (Wildman–Crippen MR) is 77.7 cm³/mol. The van der Waals surface area contributed by atoms with Crippen LogP contribution in [0.15, 0.2) is 5.16 Å². The van der Waals surface area contributed by atoms with Crippen molar-refractivity contribution in [3.05, 3.63) is 0 Å². The van der Waals surface area contributed by atoms with Crippen LogP contribution in [0.4, 0.5) is 0 Å². The van der Waals surface area contributed by atoms with E-state index in [1.807, 2.05) is 18.7 Å². The Bertz CT molecular complexity index is 460. The largest absolute Gasteiger partial charge is 0.468 e. The molecule has 8 nitrogen and oxygen atoms in total. The number of tetrazole rings is 1. The molecular weight excluding hydrogens is 294 g/mol. The summed E-state index contributed by atoms with van der Waals surface area (Å²) in [4.78, 5) is 25.2. The predicted octanol–water partition coefficient (Wildman–Crippen LogP) is 0.587. The highest BCUT2D eigenvalue weighted by Gasteiger charge is 2.16. The van der Waals surface area contributed by atoms with E-state index >= 15 is 0 Å². The summed E-state index contributed by atoms with van der Waals surface area (Å²) in [6.07, 6.45) is 1.85. The molecule has 0 radical (unpaired) electrons. The van der Waals surface area contributed by atoms with Gasteiger partial charge in [0.05, 0.1) is 12.9 Å². The van der Waals surface area contributed by atoms with Crippen LogP contribution in [0.3, 0.4) is 0 Å². The van der Waals surface area contributed by atoms with Gasteiger partial charge in [-0.3, -0.25) is 9.59 Å². The molecule has 0 saturated heterocycles. The van der Waals surface area contributed by atoms with Gasteiger partial charge in [0, 0.05) is 13.1 Å². The van der Waals surface area contributed by atoms with E-state index in [-0.39, 0.29) is 18.2 Å². The second-order valence-electron chi connectivity index (χ2n) is 4.36. The zero-order valence-corrected chi connectivity index (χ0v) is 13.4. The van der Waals surface area contributed by atoms with E-state index in [9.17, 15) is 9.59 Å². The molecule has 0 aliphatic carbocycles. The maximum atomic E-state index is 12.1. The standard InChI is InChI=1S/C12H21N5O3S/c1-4-6-16(7-5-2)10(18)9-21-12-13-14-15-17(12)8-11(19)20-3/h4-9H2,1-3H3. The number of methoxy groups -OCH3 is 1. The van der Waals surface area contributed by atoms with Gasteiger partial charge in [0.15, 0.2) is 0 Å². The summed E-state index contributed by atoms with van der Waals surface area (Å²) in [6.45, 7) is 5.52. The maximum Gasteiger partial charge on any atom is 0.327 e. The van der Waals surface area contributed by atoms with Gasteiger partial charge in [-0.15, -0.1) is 5.10 Å². The van der Waals surface area contributed by atoms with E-state index in [1.54, 1.807) is 0 Å². The van der Waals surface area contributed by atoms with Crippen LogP contribution in [0.5, 0.6) is 0 Å². The van der Waals surface area contributed by atoms with Crippen LogP contribution in [0, 0.1) is 0 Å². The highest BCUT2D eigenvalue weighted by molar-refractivity contribution is 7.99. The van der Waals surface area contributed by atoms with Crippen LogP contribution in [-0.2, 0) is 20.9 Å². The number of carbonyl (C=O) groups excluding carboxylic acids is 2. The first-order chi connectivity index (χ1) is 10.1. The molecule has 1 aromatic rings. The molecule has 1 amide bonds. The van der Waals surface area contributed by atoms with Crippen molar-refractivity contribution in [3.8, 4) is 0 Å². The van der Waals surface area contributed by atoms with E-state index in [0.29, 0.717) is 5.16 Å². The minimum Gasteiger partial charge on any atom is -0.468 e. The Morgan fingerprint density at radius 2 is 1.95 bits per heavy atom. The fourth-order valence-corrected chi connectivity index (χ4v) is 2.48. The highest BCUT2D eigenvalue weighted by atomic mass is 32.2. The van der Waals surface area contributed by atoms with Crippen molar-refractivity contribution < 1.29 is 14.3 Å². The molecule has 0 aliphatic rings. The Kier molecular flexibility index (Phi) is 7.73. The van der Waals surface area contributed by atoms with Gasteiger partial charge >= 0.3 is 5.97 Å².